The minimum Gasteiger partial charge on any atom is -0.497 e. The van der Waals surface area contributed by atoms with Crippen LogP contribution in [0, 0.1) is 6.92 Å². The second-order valence-corrected chi connectivity index (χ2v) is 3.88. The van der Waals surface area contributed by atoms with E-state index in [1.54, 1.807) is 7.11 Å². The highest BCUT2D eigenvalue weighted by atomic mass is 127. The Hall–Kier alpha value is -0.250. The lowest BCUT2D eigenvalue weighted by Crippen LogP contribution is -1.90. The van der Waals surface area contributed by atoms with Crippen LogP contribution in [-0.4, -0.2) is 11.5 Å². The van der Waals surface area contributed by atoms with Gasteiger partial charge < -0.3 is 4.74 Å². The second-order valence-electron chi connectivity index (χ2n) is 2.80. The molecule has 0 aliphatic carbocycles. The fraction of sp³-hybridized carbons (Fsp3) is 0.400. The van der Waals surface area contributed by atoms with Gasteiger partial charge in [0.05, 0.1) is 7.11 Å². The third-order valence-electron chi connectivity index (χ3n) is 1.73. The summed E-state index contributed by atoms with van der Waals surface area (Å²) in [5, 5.41) is 0. The fourth-order valence-electron chi connectivity index (χ4n) is 1.20. The highest BCUT2D eigenvalue weighted by molar-refractivity contribution is 14.1. The number of rotatable bonds is 3. The molecule has 66 valence electrons. The molecule has 0 aliphatic rings. The Bertz CT molecular complexity index is 258. The van der Waals surface area contributed by atoms with Crippen LogP contribution < -0.4 is 4.74 Å². The number of ether oxygens (including phenoxy) is 1. The van der Waals surface area contributed by atoms with E-state index in [0.717, 1.165) is 16.6 Å². The topological polar surface area (TPSA) is 9.23 Å². The summed E-state index contributed by atoms with van der Waals surface area (Å²) < 4.78 is 6.34. The summed E-state index contributed by atoms with van der Waals surface area (Å²) in [5.41, 5.74) is 2.63. The van der Waals surface area contributed by atoms with E-state index in [9.17, 15) is 0 Å². The van der Waals surface area contributed by atoms with Crippen LogP contribution in [0.4, 0.5) is 0 Å². The van der Waals surface area contributed by atoms with Crippen LogP contribution >= 0.6 is 22.6 Å². The molecule has 0 radical (unpaired) electrons. The minimum atomic E-state index is 0.967. The van der Waals surface area contributed by atoms with Gasteiger partial charge >= 0.3 is 0 Å². The molecule has 12 heavy (non-hydrogen) atoms. The van der Waals surface area contributed by atoms with Gasteiger partial charge in [0.1, 0.15) is 5.75 Å². The van der Waals surface area contributed by atoms with E-state index >= 15 is 0 Å². The number of halogens is 1. The van der Waals surface area contributed by atoms with Crippen LogP contribution in [0.3, 0.4) is 0 Å². The molecule has 0 spiro atoms. The lowest BCUT2D eigenvalue weighted by atomic mass is 10.1. The van der Waals surface area contributed by atoms with E-state index in [2.05, 4.69) is 47.7 Å². The average Bonchev–Trinajstić information content (AvgIpc) is 2.04. The molecule has 1 nitrogen and oxygen atoms in total. The summed E-state index contributed by atoms with van der Waals surface area (Å²) >= 11 is 2.39. The molecule has 1 aromatic rings. The van der Waals surface area contributed by atoms with Gasteiger partial charge in [-0.15, -0.1) is 0 Å². The molecule has 0 N–H and O–H groups in total. The van der Waals surface area contributed by atoms with Crippen molar-refractivity contribution in [1.82, 2.24) is 0 Å². The zero-order chi connectivity index (χ0) is 8.97. The zero-order valence-electron chi connectivity index (χ0n) is 7.43. The van der Waals surface area contributed by atoms with Crippen molar-refractivity contribution in [3.63, 3.8) is 0 Å². The van der Waals surface area contributed by atoms with Crippen LogP contribution in [0.5, 0.6) is 5.75 Å². The Balaban J connectivity index is 2.90. The molecule has 0 bridgehead atoms. The summed E-state index contributed by atoms with van der Waals surface area (Å²) in [4.78, 5) is 0. The van der Waals surface area contributed by atoms with E-state index in [4.69, 9.17) is 4.74 Å². The number of aryl methyl sites for hydroxylation is 2. The predicted octanol–water partition coefficient (Wildman–Crippen LogP) is 2.98. The molecule has 0 aliphatic heterocycles. The van der Waals surface area contributed by atoms with E-state index in [1.165, 1.54) is 11.1 Å². The van der Waals surface area contributed by atoms with Gasteiger partial charge in [-0.25, -0.2) is 0 Å². The van der Waals surface area contributed by atoms with Crippen LogP contribution in [0.1, 0.15) is 11.1 Å². The summed E-state index contributed by atoms with van der Waals surface area (Å²) in [7, 11) is 1.71. The molecular weight excluding hydrogens is 263 g/mol. The normalized spacial score (nSPS) is 9.92. The Kier molecular flexibility index (Phi) is 3.85. The monoisotopic (exact) mass is 276 g/mol. The highest BCUT2D eigenvalue weighted by Crippen LogP contribution is 2.17. The molecule has 0 heterocycles. The largest absolute Gasteiger partial charge is 0.497 e. The van der Waals surface area contributed by atoms with Crippen molar-refractivity contribution >= 4 is 22.6 Å². The molecule has 0 unspecified atom stereocenters. The molecule has 0 atom stereocenters. The smallest absolute Gasteiger partial charge is 0.119 e. The van der Waals surface area contributed by atoms with Gasteiger partial charge in [0.2, 0.25) is 0 Å². The van der Waals surface area contributed by atoms with Crippen molar-refractivity contribution in [1.29, 1.82) is 0 Å². The molecule has 1 rings (SSSR count). The minimum absolute atomic E-state index is 0.967. The maximum absolute atomic E-state index is 5.18. The van der Waals surface area contributed by atoms with Crippen molar-refractivity contribution in [2.75, 3.05) is 11.5 Å². The van der Waals surface area contributed by atoms with E-state index < -0.39 is 0 Å². The maximum Gasteiger partial charge on any atom is 0.119 e. The highest BCUT2D eigenvalue weighted by Gasteiger charge is 1.97. The number of benzene rings is 1. The number of alkyl halides is 1. The number of hydrogen-bond acceptors (Lipinski definition) is 1. The molecule has 2 heteroatoms. The van der Waals surface area contributed by atoms with E-state index in [0.29, 0.717) is 0 Å². The lowest BCUT2D eigenvalue weighted by molar-refractivity contribution is 0.414. The van der Waals surface area contributed by atoms with Crippen molar-refractivity contribution < 1.29 is 4.74 Å². The van der Waals surface area contributed by atoms with Crippen LogP contribution in [0.15, 0.2) is 18.2 Å². The summed E-state index contributed by atoms with van der Waals surface area (Å²) in [5.74, 6) is 0.967. The van der Waals surface area contributed by atoms with Gasteiger partial charge in [-0.3, -0.25) is 0 Å². The predicted molar refractivity (Wildman–Crippen MR) is 60.3 cm³/mol. The molecule has 0 saturated carbocycles. The Morgan fingerprint density at radius 3 is 2.67 bits per heavy atom. The van der Waals surface area contributed by atoms with Crippen LogP contribution in [-0.2, 0) is 6.42 Å². The summed E-state index contributed by atoms with van der Waals surface area (Å²) in [6.45, 7) is 2.10. The standard InChI is InChI=1S/C10H13IO/c1-8-5-9(3-4-11)7-10(6-8)12-2/h5-7H,3-4H2,1-2H3. The second kappa shape index (κ2) is 4.70. The number of methoxy groups -OCH3 is 1. The maximum atomic E-state index is 5.18. The SMILES string of the molecule is COc1cc(C)cc(CCI)c1. The zero-order valence-corrected chi connectivity index (χ0v) is 9.59. The Morgan fingerprint density at radius 2 is 2.08 bits per heavy atom. The third-order valence-corrected chi connectivity index (χ3v) is 2.27. The lowest BCUT2D eigenvalue weighted by Gasteiger charge is -2.04. The van der Waals surface area contributed by atoms with Gasteiger partial charge in [-0.1, -0.05) is 28.7 Å². The first-order valence-electron chi connectivity index (χ1n) is 3.97. The van der Waals surface area contributed by atoms with Crippen molar-refractivity contribution in [2.45, 2.75) is 13.3 Å². The summed E-state index contributed by atoms with van der Waals surface area (Å²) in [6.07, 6.45) is 1.12. The molecule has 0 fully saturated rings. The quantitative estimate of drug-likeness (QED) is 0.609. The van der Waals surface area contributed by atoms with Crippen molar-refractivity contribution in [3.8, 4) is 5.75 Å². The summed E-state index contributed by atoms with van der Waals surface area (Å²) in [6, 6.07) is 6.36. The average molecular weight is 276 g/mol. The first-order valence-corrected chi connectivity index (χ1v) is 5.49. The Morgan fingerprint density at radius 1 is 1.33 bits per heavy atom. The van der Waals surface area contributed by atoms with Crippen molar-refractivity contribution in [3.05, 3.63) is 29.3 Å². The van der Waals surface area contributed by atoms with Crippen LogP contribution in [0.2, 0.25) is 0 Å². The van der Waals surface area contributed by atoms with Crippen LogP contribution in [0.25, 0.3) is 0 Å². The first kappa shape index (κ1) is 9.84. The Labute approximate surface area is 87.3 Å². The van der Waals surface area contributed by atoms with Gasteiger partial charge in [-0.2, -0.15) is 0 Å². The van der Waals surface area contributed by atoms with E-state index in [1.807, 2.05) is 0 Å². The fourth-order valence-corrected chi connectivity index (χ4v) is 1.82. The molecule has 0 amide bonds. The molecule has 0 saturated heterocycles. The van der Waals surface area contributed by atoms with Gasteiger partial charge in [-0.05, 0) is 36.6 Å². The van der Waals surface area contributed by atoms with Gasteiger partial charge in [0, 0.05) is 4.43 Å². The van der Waals surface area contributed by atoms with Crippen molar-refractivity contribution in [2.24, 2.45) is 0 Å². The molecule has 1 aromatic carbocycles. The number of hydrogen-bond donors (Lipinski definition) is 0. The van der Waals surface area contributed by atoms with Gasteiger partial charge in [0.25, 0.3) is 0 Å². The molecular formula is C10H13IO. The van der Waals surface area contributed by atoms with E-state index in [-0.39, 0.29) is 0 Å². The molecule has 0 aromatic heterocycles. The first-order chi connectivity index (χ1) is 5.76. The van der Waals surface area contributed by atoms with Gasteiger partial charge in [0.15, 0.2) is 0 Å². The third kappa shape index (κ3) is 2.66.